The van der Waals surface area contributed by atoms with Crippen LogP contribution < -0.4 is 5.32 Å². The minimum Gasteiger partial charge on any atom is -0.481 e. The van der Waals surface area contributed by atoms with Crippen molar-refractivity contribution in [1.29, 1.82) is 0 Å². The lowest BCUT2D eigenvalue weighted by molar-refractivity contribution is -0.144. The van der Waals surface area contributed by atoms with Gasteiger partial charge in [0.05, 0.1) is 5.54 Å². The predicted octanol–water partition coefficient (Wildman–Crippen LogP) is 3.34. The first-order valence-electron chi connectivity index (χ1n) is 10.2. The van der Waals surface area contributed by atoms with Crippen molar-refractivity contribution < 1.29 is 9.90 Å². The monoisotopic (exact) mass is 365 g/mol. The Bertz CT molecular complexity index is 495. The zero-order valence-corrected chi connectivity index (χ0v) is 17.6. The maximum atomic E-state index is 12.1. The first kappa shape index (κ1) is 22.7. The number of hydrogen-bond donors (Lipinski definition) is 2. The molecule has 0 aromatic carbocycles. The van der Waals surface area contributed by atoms with Crippen LogP contribution in [0.1, 0.15) is 54.4 Å². The van der Waals surface area contributed by atoms with Crippen LogP contribution in [-0.2, 0) is 4.79 Å². The molecule has 0 heterocycles. The number of carboxylic acid groups (broad SMARTS) is 1. The Kier molecular flexibility index (Phi) is 9.37. The molecule has 0 bridgehead atoms. The number of nitrogens with zero attached hydrogens (tertiary/aromatic N) is 2. The van der Waals surface area contributed by atoms with Crippen LogP contribution in [0.5, 0.6) is 0 Å². The fraction of sp³-hybridized carbons (Fsp3) is 0.762. The molecular formula is C21H39N3O2. The van der Waals surface area contributed by atoms with Gasteiger partial charge in [-0.15, -0.1) is 0 Å². The molecule has 0 aliphatic heterocycles. The smallest absolute Gasteiger partial charge is 0.314 e. The van der Waals surface area contributed by atoms with Gasteiger partial charge < -0.3 is 15.3 Å². The van der Waals surface area contributed by atoms with E-state index in [1.165, 1.54) is 0 Å². The Morgan fingerprint density at radius 1 is 1.23 bits per heavy atom. The fourth-order valence-corrected chi connectivity index (χ4v) is 4.08. The standard InChI is InChI=1S/C21H39N3O2/c1-7-23(8-2)16-12-13-17(5)22-18-14-11-15-21(6,19(18)20(25)26)24(9-3)10-4/h11,14-15,17,19,22H,7-10,12-13,16H2,1-6H3,(H,25,26). The van der Waals surface area contributed by atoms with Gasteiger partial charge in [-0.3, -0.25) is 9.69 Å². The van der Waals surface area contributed by atoms with Crippen LogP contribution >= 0.6 is 0 Å². The molecule has 0 radical (unpaired) electrons. The second-order valence-electron chi connectivity index (χ2n) is 7.36. The maximum absolute atomic E-state index is 12.1. The van der Waals surface area contributed by atoms with Crippen molar-refractivity contribution in [2.24, 2.45) is 5.92 Å². The molecule has 1 rings (SSSR count). The molecule has 0 saturated heterocycles. The first-order chi connectivity index (χ1) is 12.3. The number of allylic oxidation sites excluding steroid dienone is 2. The van der Waals surface area contributed by atoms with Gasteiger partial charge in [-0.25, -0.2) is 0 Å². The maximum Gasteiger partial charge on any atom is 0.314 e. The summed E-state index contributed by atoms with van der Waals surface area (Å²) in [6.45, 7) is 17.6. The highest BCUT2D eigenvalue weighted by molar-refractivity contribution is 5.76. The third kappa shape index (κ3) is 5.58. The average molecular weight is 366 g/mol. The van der Waals surface area contributed by atoms with Gasteiger partial charge in [-0.05, 0) is 65.5 Å². The summed E-state index contributed by atoms with van der Waals surface area (Å²) in [6, 6.07) is 0.256. The Hall–Kier alpha value is -1.33. The highest BCUT2D eigenvalue weighted by atomic mass is 16.4. The number of likely N-dealkylation sites (N-methyl/N-ethyl adjacent to an activating group) is 1. The third-order valence-electron chi connectivity index (χ3n) is 5.72. The van der Waals surface area contributed by atoms with Crippen LogP contribution in [0.2, 0.25) is 0 Å². The number of carbonyl (C=O) groups is 1. The van der Waals surface area contributed by atoms with Gasteiger partial charge in [-0.2, -0.15) is 0 Å². The van der Waals surface area contributed by atoms with Gasteiger partial charge in [-0.1, -0.05) is 39.8 Å². The zero-order valence-electron chi connectivity index (χ0n) is 17.6. The van der Waals surface area contributed by atoms with E-state index in [1.807, 2.05) is 25.2 Å². The number of aliphatic carboxylic acids is 1. The molecule has 2 N–H and O–H groups in total. The Balaban J connectivity index is 2.79. The molecule has 0 aromatic heterocycles. The lowest BCUT2D eigenvalue weighted by atomic mass is 9.78. The van der Waals surface area contributed by atoms with E-state index in [0.29, 0.717) is 0 Å². The summed E-state index contributed by atoms with van der Waals surface area (Å²) in [7, 11) is 0. The molecule has 0 aromatic rings. The lowest BCUT2D eigenvalue weighted by Gasteiger charge is -2.45. The number of nitrogens with one attached hydrogen (secondary N) is 1. The van der Waals surface area contributed by atoms with Crippen molar-refractivity contribution >= 4 is 5.97 Å². The zero-order chi connectivity index (χ0) is 19.7. The second kappa shape index (κ2) is 10.7. The number of hydrogen-bond acceptors (Lipinski definition) is 4. The lowest BCUT2D eigenvalue weighted by Crippen LogP contribution is -2.56. The summed E-state index contributed by atoms with van der Waals surface area (Å²) in [5.41, 5.74) is 0.317. The molecule has 1 aliphatic rings. The van der Waals surface area contributed by atoms with Crippen molar-refractivity contribution in [2.75, 3.05) is 32.7 Å². The van der Waals surface area contributed by atoms with Crippen molar-refractivity contribution in [3.63, 3.8) is 0 Å². The molecule has 3 unspecified atom stereocenters. The quantitative estimate of drug-likeness (QED) is 0.555. The van der Waals surface area contributed by atoms with Gasteiger partial charge in [0, 0.05) is 11.7 Å². The van der Waals surface area contributed by atoms with Gasteiger partial charge in [0.1, 0.15) is 5.92 Å². The van der Waals surface area contributed by atoms with E-state index in [-0.39, 0.29) is 6.04 Å². The van der Waals surface area contributed by atoms with Crippen molar-refractivity contribution in [3.8, 4) is 0 Å². The minimum atomic E-state index is -0.766. The van der Waals surface area contributed by atoms with Crippen LogP contribution in [0.25, 0.3) is 0 Å². The molecule has 0 saturated carbocycles. The van der Waals surface area contributed by atoms with Crippen LogP contribution in [0.15, 0.2) is 23.9 Å². The average Bonchev–Trinajstić information content (AvgIpc) is 2.59. The van der Waals surface area contributed by atoms with Crippen LogP contribution in [0.3, 0.4) is 0 Å². The van der Waals surface area contributed by atoms with E-state index in [9.17, 15) is 9.90 Å². The highest BCUT2D eigenvalue weighted by Gasteiger charge is 2.44. The van der Waals surface area contributed by atoms with Gasteiger partial charge in [0.2, 0.25) is 0 Å². The molecular weight excluding hydrogens is 326 g/mol. The number of carboxylic acids is 1. The third-order valence-corrected chi connectivity index (χ3v) is 5.72. The van der Waals surface area contributed by atoms with E-state index in [1.54, 1.807) is 0 Å². The van der Waals surface area contributed by atoms with Gasteiger partial charge >= 0.3 is 5.97 Å². The van der Waals surface area contributed by atoms with Gasteiger partial charge in [0.15, 0.2) is 0 Å². The largest absolute Gasteiger partial charge is 0.481 e. The fourth-order valence-electron chi connectivity index (χ4n) is 4.08. The summed E-state index contributed by atoms with van der Waals surface area (Å²) in [5.74, 6) is -1.34. The van der Waals surface area contributed by atoms with Crippen molar-refractivity contribution in [3.05, 3.63) is 23.9 Å². The molecule has 1 aliphatic carbocycles. The van der Waals surface area contributed by atoms with E-state index >= 15 is 0 Å². The van der Waals surface area contributed by atoms with E-state index in [0.717, 1.165) is 51.3 Å². The van der Waals surface area contributed by atoms with E-state index in [2.05, 4.69) is 49.7 Å². The summed E-state index contributed by atoms with van der Waals surface area (Å²) in [6.07, 6.45) is 8.12. The normalized spacial score (nSPS) is 24.0. The number of rotatable bonds is 12. The summed E-state index contributed by atoms with van der Waals surface area (Å²) in [5, 5.41) is 13.5. The SMILES string of the molecule is CCN(CC)CCCC(C)NC1=CC=CC(C)(N(CC)CC)C1C(=O)O. The van der Waals surface area contributed by atoms with Crippen LogP contribution in [0, 0.1) is 5.92 Å². The Morgan fingerprint density at radius 2 is 1.85 bits per heavy atom. The summed E-state index contributed by atoms with van der Waals surface area (Å²) in [4.78, 5) is 16.8. The topological polar surface area (TPSA) is 55.8 Å². The second-order valence-corrected chi connectivity index (χ2v) is 7.36. The van der Waals surface area contributed by atoms with E-state index < -0.39 is 17.4 Å². The van der Waals surface area contributed by atoms with Gasteiger partial charge in [0.25, 0.3) is 0 Å². The summed E-state index contributed by atoms with van der Waals surface area (Å²) < 4.78 is 0. The van der Waals surface area contributed by atoms with Crippen molar-refractivity contribution in [1.82, 2.24) is 15.1 Å². The van der Waals surface area contributed by atoms with Crippen LogP contribution in [-0.4, -0.2) is 65.2 Å². The predicted molar refractivity (Wildman–Crippen MR) is 109 cm³/mol. The molecule has 0 fully saturated rings. The Morgan fingerprint density at radius 3 is 2.35 bits per heavy atom. The molecule has 0 amide bonds. The molecule has 5 nitrogen and oxygen atoms in total. The molecule has 150 valence electrons. The highest BCUT2D eigenvalue weighted by Crippen LogP contribution is 2.34. The van der Waals surface area contributed by atoms with Crippen molar-refractivity contribution in [2.45, 2.75) is 66.0 Å². The Labute approximate surface area is 160 Å². The molecule has 3 atom stereocenters. The molecule has 26 heavy (non-hydrogen) atoms. The first-order valence-corrected chi connectivity index (χ1v) is 10.2. The van der Waals surface area contributed by atoms with Crippen LogP contribution in [0.4, 0.5) is 0 Å². The summed E-state index contributed by atoms with van der Waals surface area (Å²) >= 11 is 0. The molecule has 0 spiro atoms. The minimum absolute atomic E-state index is 0.256. The van der Waals surface area contributed by atoms with E-state index in [4.69, 9.17) is 0 Å². The molecule has 5 heteroatoms.